The van der Waals surface area contributed by atoms with Gasteiger partial charge in [0.1, 0.15) is 6.04 Å². The molecule has 2 heterocycles. The molecule has 2 aliphatic heterocycles. The quantitative estimate of drug-likeness (QED) is 0.594. The molecule has 0 bridgehead atoms. The molecule has 0 spiro atoms. The summed E-state index contributed by atoms with van der Waals surface area (Å²) in [6, 6.07) is 4.16. The summed E-state index contributed by atoms with van der Waals surface area (Å²) in [4.78, 5) is 62.2. The molecule has 4 rings (SSSR count). The summed E-state index contributed by atoms with van der Waals surface area (Å²) in [7, 11) is 0. The molecule has 9 heteroatoms. The molecule has 0 aromatic heterocycles. The first-order chi connectivity index (χ1) is 14.4. The topological polar surface area (TPSA) is 125 Å². The zero-order valence-corrected chi connectivity index (χ0v) is 16.7. The van der Waals surface area contributed by atoms with Crippen LogP contribution in [0, 0.1) is 5.92 Å². The molecule has 1 saturated carbocycles. The second kappa shape index (κ2) is 7.89. The molecule has 1 aromatic carbocycles. The van der Waals surface area contributed by atoms with E-state index in [1.165, 1.54) is 0 Å². The van der Waals surface area contributed by atoms with Gasteiger partial charge < -0.3 is 10.6 Å². The van der Waals surface area contributed by atoms with E-state index in [1.54, 1.807) is 18.2 Å². The van der Waals surface area contributed by atoms with Crippen molar-refractivity contribution in [2.45, 2.75) is 51.1 Å². The molecule has 1 aromatic rings. The summed E-state index contributed by atoms with van der Waals surface area (Å²) in [5.41, 5.74) is 1.08. The minimum Gasteiger partial charge on any atom is -0.382 e. The largest absolute Gasteiger partial charge is 0.382 e. The van der Waals surface area contributed by atoms with Gasteiger partial charge in [0.15, 0.2) is 0 Å². The van der Waals surface area contributed by atoms with Crippen LogP contribution in [0.25, 0.3) is 0 Å². The van der Waals surface area contributed by atoms with Crippen molar-refractivity contribution < 1.29 is 24.0 Å². The van der Waals surface area contributed by atoms with Crippen LogP contribution in [0.1, 0.15) is 59.7 Å². The van der Waals surface area contributed by atoms with Crippen molar-refractivity contribution in [3.63, 3.8) is 0 Å². The second-order valence-corrected chi connectivity index (χ2v) is 8.01. The Bertz CT molecular complexity index is 937. The van der Waals surface area contributed by atoms with Gasteiger partial charge in [0.25, 0.3) is 11.8 Å². The zero-order chi connectivity index (χ0) is 21.4. The van der Waals surface area contributed by atoms with E-state index in [9.17, 15) is 24.0 Å². The number of benzene rings is 1. The molecule has 5 amide bonds. The Morgan fingerprint density at radius 3 is 2.63 bits per heavy atom. The average molecular weight is 412 g/mol. The van der Waals surface area contributed by atoms with Crippen molar-refractivity contribution in [3.8, 4) is 0 Å². The van der Waals surface area contributed by atoms with Crippen molar-refractivity contribution in [1.29, 1.82) is 0 Å². The molecule has 3 N–H and O–H groups in total. The maximum Gasteiger partial charge on any atom is 0.264 e. The zero-order valence-electron chi connectivity index (χ0n) is 16.7. The second-order valence-electron chi connectivity index (χ2n) is 8.01. The number of anilines is 1. The third-order valence-electron chi connectivity index (χ3n) is 5.91. The lowest BCUT2D eigenvalue weighted by Gasteiger charge is -2.36. The lowest BCUT2D eigenvalue weighted by molar-refractivity contribution is -0.136. The molecule has 1 unspecified atom stereocenters. The number of hydrogen-bond acceptors (Lipinski definition) is 6. The van der Waals surface area contributed by atoms with E-state index < -0.39 is 29.7 Å². The predicted molar refractivity (Wildman–Crippen MR) is 107 cm³/mol. The first-order valence-corrected chi connectivity index (χ1v) is 10.3. The van der Waals surface area contributed by atoms with Crippen molar-refractivity contribution in [2.75, 3.05) is 11.9 Å². The van der Waals surface area contributed by atoms with E-state index in [0.717, 1.165) is 17.7 Å². The first-order valence-electron chi connectivity index (χ1n) is 10.3. The summed E-state index contributed by atoms with van der Waals surface area (Å²) < 4.78 is 0. The Morgan fingerprint density at radius 1 is 1.17 bits per heavy atom. The Labute approximate surface area is 173 Å². The number of fused-ring (bicyclic) bond motifs is 1. The molecule has 3 aliphatic rings. The highest BCUT2D eigenvalue weighted by Gasteiger charge is 2.46. The van der Waals surface area contributed by atoms with Crippen LogP contribution in [-0.2, 0) is 14.4 Å². The lowest BCUT2D eigenvalue weighted by atomic mass is 9.78. The van der Waals surface area contributed by atoms with Crippen LogP contribution in [0.15, 0.2) is 18.2 Å². The number of piperidine rings is 1. The smallest absolute Gasteiger partial charge is 0.264 e. The molecule has 9 nitrogen and oxygen atoms in total. The number of amides is 5. The van der Waals surface area contributed by atoms with Gasteiger partial charge in [-0.25, -0.2) is 0 Å². The van der Waals surface area contributed by atoms with Crippen molar-refractivity contribution >= 4 is 35.2 Å². The highest BCUT2D eigenvalue weighted by molar-refractivity contribution is 6.25. The van der Waals surface area contributed by atoms with Crippen LogP contribution in [0.3, 0.4) is 0 Å². The molecule has 1 aliphatic carbocycles. The summed E-state index contributed by atoms with van der Waals surface area (Å²) in [5.74, 6) is -1.73. The third-order valence-corrected chi connectivity index (χ3v) is 5.91. The normalized spacial score (nSPS) is 25.5. The number of carbonyl (C=O) groups excluding carboxylic acids is 5. The highest BCUT2D eigenvalue weighted by atomic mass is 16.2. The van der Waals surface area contributed by atoms with Crippen LogP contribution < -0.4 is 16.0 Å². The van der Waals surface area contributed by atoms with Crippen LogP contribution in [0.2, 0.25) is 0 Å². The molecular weight excluding hydrogens is 388 g/mol. The number of imide groups is 2. The number of hydrogen-bond donors (Lipinski definition) is 3. The summed E-state index contributed by atoms with van der Waals surface area (Å²) in [6.45, 7) is 2.50. The van der Waals surface area contributed by atoms with Gasteiger partial charge in [0, 0.05) is 31.1 Å². The van der Waals surface area contributed by atoms with E-state index in [4.69, 9.17) is 0 Å². The van der Waals surface area contributed by atoms with Crippen molar-refractivity contribution in [1.82, 2.24) is 15.5 Å². The molecule has 1 saturated heterocycles. The number of carbonyl (C=O) groups is 5. The lowest BCUT2D eigenvalue weighted by Crippen LogP contribution is -2.54. The summed E-state index contributed by atoms with van der Waals surface area (Å²) >= 11 is 0. The summed E-state index contributed by atoms with van der Waals surface area (Å²) in [5, 5.41) is 8.31. The minimum absolute atomic E-state index is 0.0437. The Morgan fingerprint density at radius 2 is 1.93 bits per heavy atom. The van der Waals surface area contributed by atoms with E-state index in [2.05, 4.69) is 16.0 Å². The van der Waals surface area contributed by atoms with E-state index >= 15 is 0 Å². The molecule has 2 fully saturated rings. The average Bonchev–Trinajstić information content (AvgIpc) is 2.92. The van der Waals surface area contributed by atoms with E-state index in [1.807, 2.05) is 6.92 Å². The standard InChI is InChI=1S/C21H24N4O5/c1-2-22-17(27)10-11-8-12(9-11)23-14-5-3-4-13-18(14)21(30)25(20(13)29)15-6-7-16(26)24-19(15)28/h3-5,11-12,15,23H,2,6-10H2,1H3,(H,22,27)(H,24,26,28). The molecule has 1 atom stereocenters. The van der Waals surface area contributed by atoms with Gasteiger partial charge in [0.2, 0.25) is 17.7 Å². The minimum atomic E-state index is -0.979. The van der Waals surface area contributed by atoms with Crippen molar-refractivity contribution in [3.05, 3.63) is 29.3 Å². The van der Waals surface area contributed by atoms with Gasteiger partial charge in [0.05, 0.1) is 11.1 Å². The molecule has 0 radical (unpaired) electrons. The van der Waals surface area contributed by atoms with Gasteiger partial charge in [-0.15, -0.1) is 0 Å². The van der Waals surface area contributed by atoms with Crippen LogP contribution in [-0.4, -0.2) is 53.1 Å². The Kier molecular flexibility index (Phi) is 5.27. The fraction of sp³-hybridized carbons (Fsp3) is 0.476. The van der Waals surface area contributed by atoms with Gasteiger partial charge in [-0.3, -0.25) is 34.2 Å². The van der Waals surface area contributed by atoms with Gasteiger partial charge in [-0.2, -0.15) is 0 Å². The van der Waals surface area contributed by atoms with Gasteiger partial charge >= 0.3 is 0 Å². The monoisotopic (exact) mass is 412 g/mol. The highest BCUT2D eigenvalue weighted by Crippen LogP contribution is 2.37. The Balaban J connectivity index is 1.46. The van der Waals surface area contributed by atoms with Crippen LogP contribution in [0.5, 0.6) is 0 Å². The maximum absolute atomic E-state index is 13.1. The molecule has 30 heavy (non-hydrogen) atoms. The van der Waals surface area contributed by atoms with E-state index in [-0.39, 0.29) is 35.9 Å². The van der Waals surface area contributed by atoms with Crippen LogP contribution >= 0.6 is 0 Å². The first kappa shape index (κ1) is 20.1. The van der Waals surface area contributed by atoms with Gasteiger partial charge in [-0.05, 0) is 44.2 Å². The third kappa shape index (κ3) is 3.55. The number of rotatable bonds is 6. The Hall–Kier alpha value is -3.23. The predicted octanol–water partition coefficient (Wildman–Crippen LogP) is 0.804. The van der Waals surface area contributed by atoms with Crippen molar-refractivity contribution in [2.24, 2.45) is 5.92 Å². The SMILES string of the molecule is CCNC(=O)CC1CC(Nc2cccc3c2C(=O)N(C2CCC(=O)NC2=O)C3=O)C1. The van der Waals surface area contributed by atoms with E-state index in [0.29, 0.717) is 24.6 Å². The van der Waals surface area contributed by atoms with Crippen LogP contribution in [0.4, 0.5) is 5.69 Å². The number of nitrogens with zero attached hydrogens (tertiary/aromatic N) is 1. The number of nitrogens with one attached hydrogen (secondary N) is 3. The fourth-order valence-electron chi connectivity index (χ4n) is 4.41. The van der Waals surface area contributed by atoms with Gasteiger partial charge in [-0.1, -0.05) is 6.07 Å². The fourth-order valence-corrected chi connectivity index (χ4v) is 4.41. The molecular formula is C21H24N4O5. The molecule has 158 valence electrons. The summed E-state index contributed by atoms with van der Waals surface area (Å²) in [6.07, 6.45) is 2.31. The maximum atomic E-state index is 13.1.